The van der Waals surface area contributed by atoms with Crippen molar-refractivity contribution in [3.63, 3.8) is 0 Å². The summed E-state index contributed by atoms with van der Waals surface area (Å²) in [5.41, 5.74) is 1.14. The predicted molar refractivity (Wildman–Crippen MR) is 46.6 cm³/mol. The molecule has 0 amide bonds. The molecule has 0 aliphatic carbocycles. The second-order valence-electron chi connectivity index (χ2n) is 2.09. The summed E-state index contributed by atoms with van der Waals surface area (Å²) in [5.74, 6) is 0. The van der Waals surface area contributed by atoms with E-state index in [9.17, 15) is 0 Å². The molecule has 10 heavy (non-hydrogen) atoms. The van der Waals surface area contributed by atoms with Gasteiger partial charge in [0.2, 0.25) is 0 Å². The lowest BCUT2D eigenvalue weighted by Crippen LogP contribution is -1.89. The van der Waals surface area contributed by atoms with Crippen molar-refractivity contribution in [2.24, 2.45) is 0 Å². The van der Waals surface area contributed by atoms with E-state index in [0.717, 1.165) is 5.69 Å². The standard InChI is InChI=1S/C6H10N2S2/c1-4(9-3)6-5(2)10-8-7-6/h4H,1-3H3. The number of aromatic nitrogens is 2. The minimum absolute atomic E-state index is 0.485. The van der Waals surface area contributed by atoms with E-state index in [4.69, 9.17) is 0 Å². The lowest BCUT2D eigenvalue weighted by Gasteiger charge is -2.02. The van der Waals surface area contributed by atoms with E-state index < -0.39 is 0 Å². The van der Waals surface area contributed by atoms with E-state index in [0.29, 0.717) is 5.25 Å². The lowest BCUT2D eigenvalue weighted by molar-refractivity contribution is 0.961. The summed E-state index contributed by atoms with van der Waals surface area (Å²) in [6.45, 7) is 4.21. The molecule has 0 aliphatic heterocycles. The number of thioether (sulfide) groups is 1. The van der Waals surface area contributed by atoms with Crippen LogP contribution in [0.5, 0.6) is 0 Å². The zero-order valence-electron chi connectivity index (χ0n) is 6.29. The summed E-state index contributed by atoms with van der Waals surface area (Å²) in [4.78, 5) is 1.24. The van der Waals surface area contributed by atoms with Crippen molar-refractivity contribution in [3.05, 3.63) is 10.6 Å². The molecule has 1 atom stereocenters. The molecule has 0 saturated carbocycles. The van der Waals surface area contributed by atoms with Gasteiger partial charge in [0.25, 0.3) is 0 Å². The number of nitrogens with zero attached hydrogens (tertiary/aromatic N) is 2. The van der Waals surface area contributed by atoms with Crippen molar-refractivity contribution in [2.45, 2.75) is 19.1 Å². The van der Waals surface area contributed by atoms with Crippen molar-refractivity contribution in [1.29, 1.82) is 0 Å². The number of rotatable bonds is 2. The Bertz CT molecular complexity index is 209. The van der Waals surface area contributed by atoms with Gasteiger partial charge in [-0.2, -0.15) is 11.8 Å². The minimum atomic E-state index is 0.485. The highest BCUT2D eigenvalue weighted by atomic mass is 32.2. The highest BCUT2D eigenvalue weighted by molar-refractivity contribution is 7.98. The van der Waals surface area contributed by atoms with Crippen LogP contribution in [-0.4, -0.2) is 15.8 Å². The lowest BCUT2D eigenvalue weighted by atomic mass is 10.3. The van der Waals surface area contributed by atoms with Gasteiger partial charge < -0.3 is 0 Å². The van der Waals surface area contributed by atoms with Crippen LogP contribution in [0.15, 0.2) is 0 Å². The van der Waals surface area contributed by atoms with Crippen molar-refractivity contribution in [1.82, 2.24) is 9.59 Å². The number of aryl methyl sites for hydroxylation is 1. The minimum Gasteiger partial charge on any atom is -0.156 e. The molecule has 0 saturated heterocycles. The highest BCUT2D eigenvalue weighted by Gasteiger charge is 2.09. The van der Waals surface area contributed by atoms with Crippen molar-refractivity contribution in [3.8, 4) is 0 Å². The Morgan fingerprint density at radius 2 is 2.30 bits per heavy atom. The van der Waals surface area contributed by atoms with Gasteiger partial charge in [-0.3, -0.25) is 0 Å². The van der Waals surface area contributed by atoms with Crippen LogP contribution < -0.4 is 0 Å². The average Bonchev–Trinajstić information content (AvgIpc) is 2.34. The van der Waals surface area contributed by atoms with Gasteiger partial charge in [0.05, 0.1) is 5.69 Å². The Morgan fingerprint density at radius 1 is 1.60 bits per heavy atom. The molecule has 0 bridgehead atoms. The first-order chi connectivity index (χ1) is 4.75. The van der Waals surface area contributed by atoms with Crippen LogP contribution in [0.1, 0.15) is 22.7 Å². The van der Waals surface area contributed by atoms with E-state index in [-0.39, 0.29) is 0 Å². The fraction of sp³-hybridized carbons (Fsp3) is 0.667. The van der Waals surface area contributed by atoms with Gasteiger partial charge in [-0.05, 0) is 31.6 Å². The average molecular weight is 174 g/mol. The molecule has 4 heteroatoms. The van der Waals surface area contributed by atoms with Crippen LogP contribution in [0.3, 0.4) is 0 Å². The van der Waals surface area contributed by atoms with Crippen LogP contribution >= 0.6 is 23.3 Å². The molecule has 1 aromatic heterocycles. The second kappa shape index (κ2) is 3.34. The molecular formula is C6H10N2S2. The highest BCUT2D eigenvalue weighted by Crippen LogP contribution is 2.27. The Hall–Kier alpha value is -0.0900. The molecule has 0 fully saturated rings. The van der Waals surface area contributed by atoms with Gasteiger partial charge in [-0.15, -0.1) is 5.10 Å². The molecule has 1 heterocycles. The molecule has 0 aromatic carbocycles. The first kappa shape index (κ1) is 8.01. The Kier molecular flexibility index (Phi) is 2.68. The normalized spacial score (nSPS) is 13.5. The van der Waals surface area contributed by atoms with Crippen molar-refractivity contribution in [2.75, 3.05) is 6.26 Å². The number of hydrogen-bond acceptors (Lipinski definition) is 4. The van der Waals surface area contributed by atoms with Crippen LogP contribution in [-0.2, 0) is 0 Å². The molecule has 0 radical (unpaired) electrons. The molecule has 1 rings (SSSR count). The topological polar surface area (TPSA) is 25.8 Å². The van der Waals surface area contributed by atoms with E-state index in [1.54, 1.807) is 11.8 Å². The van der Waals surface area contributed by atoms with E-state index >= 15 is 0 Å². The molecule has 1 unspecified atom stereocenters. The summed E-state index contributed by atoms with van der Waals surface area (Å²) < 4.78 is 3.87. The molecule has 2 nitrogen and oxygen atoms in total. The summed E-state index contributed by atoms with van der Waals surface area (Å²) in [6.07, 6.45) is 2.09. The molecule has 56 valence electrons. The quantitative estimate of drug-likeness (QED) is 0.688. The summed E-state index contributed by atoms with van der Waals surface area (Å²) >= 11 is 3.27. The first-order valence-corrected chi connectivity index (χ1v) is 5.13. The van der Waals surface area contributed by atoms with Crippen LogP contribution in [0.2, 0.25) is 0 Å². The summed E-state index contributed by atoms with van der Waals surface area (Å²) in [7, 11) is 0. The Balaban J connectivity index is 2.82. The Morgan fingerprint density at radius 3 is 2.70 bits per heavy atom. The van der Waals surface area contributed by atoms with Crippen LogP contribution in [0, 0.1) is 6.92 Å². The third-order valence-electron chi connectivity index (χ3n) is 1.43. The van der Waals surface area contributed by atoms with Gasteiger partial charge in [0, 0.05) is 10.1 Å². The van der Waals surface area contributed by atoms with Gasteiger partial charge in [0.1, 0.15) is 0 Å². The van der Waals surface area contributed by atoms with Gasteiger partial charge in [-0.1, -0.05) is 4.49 Å². The van der Waals surface area contributed by atoms with Crippen LogP contribution in [0.25, 0.3) is 0 Å². The maximum atomic E-state index is 4.03. The molecular weight excluding hydrogens is 164 g/mol. The zero-order chi connectivity index (χ0) is 7.56. The maximum absolute atomic E-state index is 4.03. The number of hydrogen-bond donors (Lipinski definition) is 0. The van der Waals surface area contributed by atoms with Crippen molar-refractivity contribution < 1.29 is 0 Å². The van der Waals surface area contributed by atoms with E-state index in [1.807, 2.05) is 0 Å². The third-order valence-corrected chi connectivity index (χ3v) is 3.00. The largest absolute Gasteiger partial charge is 0.156 e. The van der Waals surface area contributed by atoms with Gasteiger partial charge in [0.15, 0.2) is 0 Å². The third kappa shape index (κ3) is 1.49. The maximum Gasteiger partial charge on any atom is 0.0911 e. The fourth-order valence-electron chi connectivity index (χ4n) is 0.722. The van der Waals surface area contributed by atoms with Crippen LogP contribution in [0.4, 0.5) is 0 Å². The molecule has 0 N–H and O–H groups in total. The van der Waals surface area contributed by atoms with E-state index in [2.05, 4.69) is 29.7 Å². The fourth-order valence-corrected chi connectivity index (χ4v) is 1.81. The molecule has 1 aromatic rings. The van der Waals surface area contributed by atoms with Crippen molar-refractivity contribution >= 4 is 23.3 Å². The van der Waals surface area contributed by atoms with Gasteiger partial charge in [-0.25, -0.2) is 0 Å². The zero-order valence-corrected chi connectivity index (χ0v) is 7.92. The predicted octanol–water partition coefficient (Wildman–Crippen LogP) is 2.27. The smallest absolute Gasteiger partial charge is 0.0911 e. The summed E-state index contributed by atoms with van der Waals surface area (Å²) in [5, 5.41) is 4.52. The Labute approximate surface area is 69.2 Å². The van der Waals surface area contributed by atoms with Gasteiger partial charge >= 0.3 is 0 Å². The molecule has 0 spiro atoms. The van der Waals surface area contributed by atoms with E-state index in [1.165, 1.54) is 16.4 Å². The monoisotopic (exact) mass is 174 g/mol. The summed E-state index contributed by atoms with van der Waals surface area (Å²) in [6, 6.07) is 0. The SMILES string of the molecule is CSC(C)c1nnsc1C. The second-order valence-corrected chi connectivity index (χ2v) is 4.23. The molecule has 0 aliphatic rings. The first-order valence-electron chi connectivity index (χ1n) is 3.07.